The Hall–Kier alpha value is -1.57. The van der Waals surface area contributed by atoms with E-state index in [0.717, 1.165) is 17.9 Å². The van der Waals surface area contributed by atoms with E-state index in [1.807, 2.05) is 24.3 Å². The van der Waals surface area contributed by atoms with E-state index in [9.17, 15) is 0 Å². The first-order chi connectivity index (χ1) is 10.2. The Bertz CT molecular complexity index is 473. The number of hydrogen-bond acceptors (Lipinski definition) is 4. The highest BCUT2D eigenvalue weighted by atomic mass is 16.5. The van der Waals surface area contributed by atoms with Gasteiger partial charge in [0.15, 0.2) is 6.61 Å². The molecule has 0 saturated carbocycles. The van der Waals surface area contributed by atoms with Crippen LogP contribution in [0, 0.1) is 11.3 Å². The third kappa shape index (κ3) is 4.73. The zero-order valence-electron chi connectivity index (χ0n) is 13.0. The molecule has 1 aromatic carbocycles. The summed E-state index contributed by atoms with van der Waals surface area (Å²) in [7, 11) is 0. The fraction of sp³-hybridized carbons (Fsp3) is 0.588. The highest BCUT2D eigenvalue weighted by Gasteiger charge is 2.20. The van der Waals surface area contributed by atoms with E-state index < -0.39 is 0 Å². The van der Waals surface area contributed by atoms with Crippen molar-refractivity contribution in [1.29, 1.82) is 5.26 Å². The predicted molar refractivity (Wildman–Crippen MR) is 84.1 cm³/mol. The summed E-state index contributed by atoms with van der Waals surface area (Å²) in [5.41, 5.74) is 1.12. The number of para-hydroxylation sites is 1. The van der Waals surface area contributed by atoms with Crippen LogP contribution in [0.3, 0.4) is 0 Å². The molecule has 21 heavy (non-hydrogen) atoms. The van der Waals surface area contributed by atoms with E-state index in [0.29, 0.717) is 12.1 Å². The van der Waals surface area contributed by atoms with Crippen LogP contribution in [0.5, 0.6) is 5.75 Å². The molecular weight excluding hydrogens is 262 g/mol. The van der Waals surface area contributed by atoms with Crippen LogP contribution in [0.1, 0.15) is 32.3 Å². The molecule has 1 aliphatic heterocycles. The Morgan fingerprint density at radius 2 is 2.05 bits per heavy atom. The number of nitrogens with zero attached hydrogens (tertiary/aromatic N) is 2. The van der Waals surface area contributed by atoms with Gasteiger partial charge in [-0.05, 0) is 45.8 Å². The first-order valence-electron chi connectivity index (χ1n) is 7.75. The van der Waals surface area contributed by atoms with Crippen LogP contribution in [0.4, 0.5) is 0 Å². The summed E-state index contributed by atoms with van der Waals surface area (Å²) in [6.45, 7) is 7.76. The monoisotopic (exact) mass is 287 g/mol. The third-order valence-electron chi connectivity index (χ3n) is 4.11. The van der Waals surface area contributed by atoms with E-state index in [4.69, 9.17) is 10.00 Å². The van der Waals surface area contributed by atoms with Gasteiger partial charge in [0.05, 0.1) is 0 Å². The lowest BCUT2D eigenvalue weighted by Crippen LogP contribution is -2.44. The molecule has 2 rings (SSSR count). The SMILES string of the molecule is CC(C)N1CCC(NCc2ccccc2OCC#N)CC1. The summed E-state index contributed by atoms with van der Waals surface area (Å²) in [4.78, 5) is 2.53. The minimum absolute atomic E-state index is 0.101. The van der Waals surface area contributed by atoms with Crippen molar-refractivity contribution in [2.45, 2.75) is 45.3 Å². The van der Waals surface area contributed by atoms with Gasteiger partial charge in [0, 0.05) is 24.2 Å². The minimum atomic E-state index is 0.101. The van der Waals surface area contributed by atoms with Gasteiger partial charge in [-0.1, -0.05) is 18.2 Å². The van der Waals surface area contributed by atoms with E-state index in [1.165, 1.54) is 25.9 Å². The molecule has 1 saturated heterocycles. The average Bonchev–Trinajstić information content (AvgIpc) is 2.52. The molecule has 0 spiro atoms. The molecule has 1 aliphatic rings. The largest absolute Gasteiger partial charge is 0.478 e. The van der Waals surface area contributed by atoms with Gasteiger partial charge < -0.3 is 15.0 Å². The number of ether oxygens (including phenoxy) is 1. The molecule has 0 bridgehead atoms. The van der Waals surface area contributed by atoms with Crippen molar-refractivity contribution in [2.24, 2.45) is 0 Å². The fourth-order valence-corrected chi connectivity index (χ4v) is 2.77. The maximum atomic E-state index is 8.63. The van der Waals surface area contributed by atoms with Crippen LogP contribution in [-0.4, -0.2) is 36.7 Å². The molecule has 1 heterocycles. The quantitative estimate of drug-likeness (QED) is 0.873. The normalized spacial score (nSPS) is 16.9. The number of nitrogens with one attached hydrogen (secondary N) is 1. The van der Waals surface area contributed by atoms with Crippen molar-refractivity contribution >= 4 is 0 Å². The summed E-state index contributed by atoms with van der Waals surface area (Å²) < 4.78 is 5.47. The average molecular weight is 287 g/mol. The summed E-state index contributed by atoms with van der Waals surface area (Å²) >= 11 is 0. The molecule has 0 aromatic heterocycles. The molecule has 0 unspecified atom stereocenters. The van der Waals surface area contributed by atoms with Crippen molar-refractivity contribution in [3.8, 4) is 11.8 Å². The second-order valence-electron chi connectivity index (χ2n) is 5.84. The Morgan fingerprint density at radius 3 is 2.71 bits per heavy atom. The third-order valence-corrected chi connectivity index (χ3v) is 4.11. The van der Waals surface area contributed by atoms with Crippen LogP contribution in [0.2, 0.25) is 0 Å². The van der Waals surface area contributed by atoms with E-state index >= 15 is 0 Å². The van der Waals surface area contributed by atoms with Crippen LogP contribution in [0.25, 0.3) is 0 Å². The van der Waals surface area contributed by atoms with Gasteiger partial charge in [-0.2, -0.15) is 5.26 Å². The van der Waals surface area contributed by atoms with Crippen molar-refractivity contribution in [2.75, 3.05) is 19.7 Å². The molecule has 4 nitrogen and oxygen atoms in total. The van der Waals surface area contributed by atoms with Gasteiger partial charge >= 0.3 is 0 Å². The summed E-state index contributed by atoms with van der Waals surface area (Å²) in [5, 5.41) is 12.3. The Kier molecular flexibility index (Phi) is 6.04. The number of hydrogen-bond donors (Lipinski definition) is 1. The van der Waals surface area contributed by atoms with Gasteiger partial charge in [0.1, 0.15) is 11.8 Å². The smallest absolute Gasteiger partial charge is 0.174 e. The van der Waals surface area contributed by atoms with Crippen LogP contribution < -0.4 is 10.1 Å². The van der Waals surface area contributed by atoms with Crippen LogP contribution in [0.15, 0.2) is 24.3 Å². The van der Waals surface area contributed by atoms with Gasteiger partial charge in [-0.25, -0.2) is 0 Å². The maximum Gasteiger partial charge on any atom is 0.174 e. The van der Waals surface area contributed by atoms with E-state index in [-0.39, 0.29) is 6.61 Å². The standard InChI is InChI=1S/C17H25N3O/c1-14(2)20-10-7-16(8-11-20)19-13-15-5-3-4-6-17(15)21-12-9-18/h3-6,14,16,19H,7-8,10-13H2,1-2H3. The maximum absolute atomic E-state index is 8.63. The molecule has 1 fully saturated rings. The molecule has 114 valence electrons. The van der Waals surface area contributed by atoms with Crippen molar-refractivity contribution in [1.82, 2.24) is 10.2 Å². The van der Waals surface area contributed by atoms with Crippen molar-refractivity contribution < 1.29 is 4.74 Å². The zero-order valence-corrected chi connectivity index (χ0v) is 13.0. The Morgan fingerprint density at radius 1 is 1.33 bits per heavy atom. The van der Waals surface area contributed by atoms with E-state index in [2.05, 4.69) is 30.1 Å². The fourth-order valence-electron chi connectivity index (χ4n) is 2.77. The number of benzene rings is 1. The van der Waals surface area contributed by atoms with Crippen molar-refractivity contribution in [3.05, 3.63) is 29.8 Å². The highest BCUT2D eigenvalue weighted by Crippen LogP contribution is 2.19. The first-order valence-corrected chi connectivity index (χ1v) is 7.75. The predicted octanol–water partition coefficient (Wildman–Crippen LogP) is 2.55. The van der Waals surface area contributed by atoms with E-state index in [1.54, 1.807) is 0 Å². The lowest BCUT2D eigenvalue weighted by Gasteiger charge is -2.35. The zero-order chi connectivity index (χ0) is 15.1. The number of rotatable bonds is 6. The molecular formula is C17H25N3O. The molecule has 1 aromatic rings. The first kappa shape index (κ1) is 15.8. The van der Waals surface area contributed by atoms with Crippen LogP contribution >= 0.6 is 0 Å². The minimum Gasteiger partial charge on any atom is -0.478 e. The summed E-state index contributed by atoms with van der Waals surface area (Å²) in [5.74, 6) is 0.811. The lowest BCUT2D eigenvalue weighted by molar-refractivity contribution is 0.160. The Balaban J connectivity index is 1.82. The molecule has 0 amide bonds. The number of nitriles is 1. The molecule has 0 atom stereocenters. The van der Waals surface area contributed by atoms with Crippen molar-refractivity contribution in [3.63, 3.8) is 0 Å². The second-order valence-corrected chi connectivity index (χ2v) is 5.84. The molecule has 4 heteroatoms. The highest BCUT2D eigenvalue weighted by molar-refractivity contribution is 5.33. The van der Waals surface area contributed by atoms with Gasteiger partial charge in [0.25, 0.3) is 0 Å². The topological polar surface area (TPSA) is 48.3 Å². The lowest BCUT2D eigenvalue weighted by atomic mass is 10.0. The summed E-state index contributed by atoms with van der Waals surface area (Å²) in [6.07, 6.45) is 2.39. The second kappa shape index (κ2) is 8.02. The van der Waals surface area contributed by atoms with Gasteiger partial charge in [0.2, 0.25) is 0 Å². The van der Waals surface area contributed by atoms with Gasteiger partial charge in [-0.15, -0.1) is 0 Å². The molecule has 0 radical (unpaired) electrons. The molecule has 0 aliphatic carbocycles. The van der Waals surface area contributed by atoms with Crippen LogP contribution in [-0.2, 0) is 6.54 Å². The van der Waals surface area contributed by atoms with Gasteiger partial charge in [-0.3, -0.25) is 0 Å². The molecule has 1 N–H and O–H groups in total. The number of likely N-dealkylation sites (tertiary alicyclic amines) is 1. The number of piperidine rings is 1. The Labute approximate surface area is 127 Å². The summed E-state index contributed by atoms with van der Waals surface area (Å²) in [6, 6.07) is 11.2.